The molecular formula is C26H24N2O7S. The van der Waals surface area contributed by atoms with Gasteiger partial charge in [-0.2, -0.15) is 0 Å². The number of carbonyl (C=O) groups excluding carboxylic acids is 3. The minimum absolute atomic E-state index is 0.0952. The summed E-state index contributed by atoms with van der Waals surface area (Å²) < 4.78 is 15.3. The summed E-state index contributed by atoms with van der Waals surface area (Å²) in [6.07, 6.45) is 0. The highest BCUT2D eigenvalue weighted by Crippen LogP contribution is 2.44. The van der Waals surface area contributed by atoms with E-state index < -0.39 is 23.7 Å². The third-order valence-corrected chi connectivity index (χ3v) is 7.04. The maximum atomic E-state index is 13.3. The number of Topliss-reactive ketones (excluding diaryl/α,β-unsaturated/α-hetero) is 1. The zero-order valence-electron chi connectivity index (χ0n) is 20.3. The average molecular weight is 509 g/mol. The van der Waals surface area contributed by atoms with Crippen LogP contribution in [0.2, 0.25) is 0 Å². The van der Waals surface area contributed by atoms with Crippen molar-refractivity contribution >= 4 is 39.9 Å². The number of hydrogen-bond acceptors (Lipinski definition) is 9. The minimum atomic E-state index is -0.991. The number of carbonyl (C=O) groups is 3. The molecule has 186 valence electrons. The van der Waals surface area contributed by atoms with Crippen molar-refractivity contribution in [3.63, 3.8) is 0 Å². The van der Waals surface area contributed by atoms with E-state index >= 15 is 0 Å². The van der Waals surface area contributed by atoms with Crippen molar-refractivity contribution < 1.29 is 33.7 Å². The number of ether oxygens (including phenoxy) is 3. The molecule has 3 aromatic rings. The maximum absolute atomic E-state index is 13.3. The number of ketones is 1. The monoisotopic (exact) mass is 508 g/mol. The number of anilines is 1. The number of aromatic nitrogens is 1. The summed E-state index contributed by atoms with van der Waals surface area (Å²) in [7, 11) is 4.32. The fraction of sp³-hybridized carbons (Fsp3) is 0.231. The van der Waals surface area contributed by atoms with Crippen molar-refractivity contribution in [1.29, 1.82) is 0 Å². The molecule has 1 amide bonds. The molecule has 0 bridgehead atoms. The number of benzene rings is 2. The van der Waals surface area contributed by atoms with Gasteiger partial charge < -0.3 is 19.3 Å². The molecule has 4 rings (SSSR count). The van der Waals surface area contributed by atoms with E-state index in [1.165, 1.54) is 26.2 Å². The summed E-state index contributed by atoms with van der Waals surface area (Å²) in [5.74, 6) is -1.46. The fourth-order valence-corrected chi connectivity index (χ4v) is 5.09. The molecule has 1 N–H and O–H groups in total. The standard InChI is InChI=1S/C26H24N2O7S/c1-13-12-16(8-11-18(13)34-4)21(29)19-20(15-6-9-17(33-3)10-7-15)28(24(31)22(19)30)26-27-14(2)23(36-26)25(32)35-5/h6-12,20,29H,1-5H3/t20-/m1/s1. The Morgan fingerprint density at radius 2 is 1.72 bits per heavy atom. The third kappa shape index (κ3) is 4.20. The van der Waals surface area contributed by atoms with Gasteiger partial charge in [-0.15, -0.1) is 0 Å². The van der Waals surface area contributed by atoms with E-state index in [-0.39, 0.29) is 21.3 Å². The smallest absolute Gasteiger partial charge is 0.350 e. The van der Waals surface area contributed by atoms with Crippen molar-refractivity contribution in [2.75, 3.05) is 26.2 Å². The molecule has 1 aliphatic rings. The van der Waals surface area contributed by atoms with Gasteiger partial charge in [0, 0.05) is 5.56 Å². The van der Waals surface area contributed by atoms with Crippen LogP contribution >= 0.6 is 11.3 Å². The Balaban J connectivity index is 1.93. The third-order valence-electron chi connectivity index (χ3n) is 5.91. The van der Waals surface area contributed by atoms with Crippen molar-refractivity contribution in [2.24, 2.45) is 0 Å². The topological polar surface area (TPSA) is 115 Å². The fourth-order valence-electron chi connectivity index (χ4n) is 4.08. The molecule has 1 aliphatic heterocycles. The van der Waals surface area contributed by atoms with Crippen LogP contribution in [0.3, 0.4) is 0 Å². The molecule has 1 fully saturated rings. The Morgan fingerprint density at radius 3 is 2.31 bits per heavy atom. The van der Waals surface area contributed by atoms with Gasteiger partial charge in [-0.05, 0) is 55.3 Å². The zero-order chi connectivity index (χ0) is 26.1. The van der Waals surface area contributed by atoms with Crippen molar-refractivity contribution in [1.82, 2.24) is 4.98 Å². The predicted molar refractivity (Wildman–Crippen MR) is 134 cm³/mol. The summed E-state index contributed by atoms with van der Waals surface area (Å²) in [5.41, 5.74) is 1.92. The highest BCUT2D eigenvalue weighted by molar-refractivity contribution is 7.17. The first-order valence-electron chi connectivity index (χ1n) is 10.9. The molecule has 9 nitrogen and oxygen atoms in total. The van der Waals surface area contributed by atoms with Gasteiger partial charge in [-0.25, -0.2) is 9.78 Å². The summed E-state index contributed by atoms with van der Waals surface area (Å²) in [4.78, 5) is 44.6. The summed E-state index contributed by atoms with van der Waals surface area (Å²) >= 11 is 0.940. The number of hydrogen-bond donors (Lipinski definition) is 1. The molecule has 0 unspecified atom stereocenters. The molecule has 0 aliphatic carbocycles. The molecule has 0 radical (unpaired) electrons. The van der Waals surface area contributed by atoms with E-state index in [9.17, 15) is 19.5 Å². The number of amides is 1. The van der Waals surface area contributed by atoms with Gasteiger partial charge in [0.2, 0.25) is 0 Å². The van der Waals surface area contributed by atoms with Gasteiger partial charge >= 0.3 is 11.9 Å². The zero-order valence-corrected chi connectivity index (χ0v) is 21.1. The second-order valence-corrected chi connectivity index (χ2v) is 9.01. The molecule has 10 heteroatoms. The van der Waals surface area contributed by atoms with Crippen LogP contribution < -0.4 is 14.4 Å². The first-order chi connectivity index (χ1) is 17.2. The lowest BCUT2D eigenvalue weighted by molar-refractivity contribution is -0.132. The van der Waals surface area contributed by atoms with E-state index in [4.69, 9.17) is 14.2 Å². The molecule has 1 saturated heterocycles. The number of nitrogens with zero attached hydrogens (tertiary/aromatic N) is 2. The molecule has 1 atom stereocenters. The van der Waals surface area contributed by atoms with Crippen molar-refractivity contribution in [3.05, 3.63) is 75.3 Å². The first-order valence-corrected chi connectivity index (χ1v) is 11.7. The Labute approximate surface area is 211 Å². The second kappa shape index (κ2) is 9.82. The van der Waals surface area contributed by atoms with Crippen LogP contribution in [0.15, 0.2) is 48.0 Å². The summed E-state index contributed by atoms with van der Waals surface area (Å²) in [6.45, 7) is 3.42. The number of methoxy groups -OCH3 is 3. The lowest BCUT2D eigenvalue weighted by atomic mass is 9.95. The number of rotatable bonds is 6. The van der Waals surface area contributed by atoms with Crippen molar-refractivity contribution in [3.8, 4) is 11.5 Å². The Bertz CT molecular complexity index is 1390. The van der Waals surface area contributed by atoms with Gasteiger partial charge in [0.25, 0.3) is 5.78 Å². The molecule has 2 aromatic carbocycles. The van der Waals surface area contributed by atoms with Gasteiger partial charge in [0.05, 0.1) is 38.6 Å². The van der Waals surface area contributed by atoms with Gasteiger partial charge in [-0.3, -0.25) is 14.5 Å². The number of esters is 1. The van der Waals surface area contributed by atoms with Crippen LogP contribution in [0, 0.1) is 13.8 Å². The van der Waals surface area contributed by atoms with Crippen molar-refractivity contribution in [2.45, 2.75) is 19.9 Å². The van der Waals surface area contributed by atoms with E-state index in [0.717, 1.165) is 16.9 Å². The Kier molecular flexibility index (Phi) is 6.80. The van der Waals surface area contributed by atoms with E-state index in [2.05, 4.69) is 4.98 Å². The van der Waals surface area contributed by atoms with Gasteiger partial charge in [0.1, 0.15) is 22.1 Å². The number of aliphatic hydroxyl groups excluding tert-OH is 1. The molecule has 36 heavy (non-hydrogen) atoms. The Hall–Kier alpha value is -4.18. The minimum Gasteiger partial charge on any atom is -0.507 e. The lowest BCUT2D eigenvalue weighted by Gasteiger charge is -2.23. The van der Waals surface area contributed by atoms with Crippen LogP contribution in [0.25, 0.3) is 5.76 Å². The first kappa shape index (κ1) is 24.9. The van der Waals surface area contributed by atoms with Crippen LogP contribution in [0.1, 0.15) is 38.1 Å². The number of thiazole rings is 1. The van der Waals surface area contributed by atoms with E-state index in [0.29, 0.717) is 28.3 Å². The van der Waals surface area contributed by atoms with Gasteiger partial charge in [0.15, 0.2) is 5.13 Å². The molecule has 0 saturated carbocycles. The normalized spacial score (nSPS) is 16.8. The summed E-state index contributed by atoms with van der Waals surface area (Å²) in [5, 5.41) is 11.4. The highest BCUT2D eigenvalue weighted by atomic mass is 32.1. The van der Waals surface area contributed by atoms with Crippen LogP contribution in [-0.2, 0) is 14.3 Å². The average Bonchev–Trinajstić information content (AvgIpc) is 3.39. The van der Waals surface area contributed by atoms with Crippen LogP contribution in [0.5, 0.6) is 11.5 Å². The second-order valence-electron chi connectivity index (χ2n) is 8.03. The maximum Gasteiger partial charge on any atom is 0.350 e. The van der Waals surface area contributed by atoms with Crippen LogP contribution in [-0.4, -0.2) is 49.1 Å². The molecule has 2 heterocycles. The number of aryl methyl sites for hydroxylation is 2. The molecule has 0 spiro atoms. The Morgan fingerprint density at radius 1 is 1.03 bits per heavy atom. The molecule has 1 aromatic heterocycles. The van der Waals surface area contributed by atoms with Crippen LogP contribution in [0.4, 0.5) is 5.13 Å². The predicted octanol–water partition coefficient (Wildman–Crippen LogP) is 4.19. The molecular weight excluding hydrogens is 484 g/mol. The lowest BCUT2D eigenvalue weighted by Crippen LogP contribution is -2.29. The quantitative estimate of drug-likeness (QED) is 0.228. The van der Waals surface area contributed by atoms with E-state index in [1.807, 2.05) is 6.92 Å². The summed E-state index contributed by atoms with van der Waals surface area (Å²) in [6, 6.07) is 10.8. The highest BCUT2D eigenvalue weighted by Gasteiger charge is 2.48. The number of aliphatic hydroxyl groups is 1. The largest absolute Gasteiger partial charge is 0.507 e. The SMILES string of the molecule is COC(=O)c1sc(N2C(=O)C(=O)C(=C(O)c3ccc(OC)c(C)c3)[C@H]2c2ccc(OC)cc2)nc1C. The van der Waals surface area contributed by atoms with Gasteiger partial charge in [-0.1, -0.05) is 23.5 Å². The van der Waals surface area contributed by atoms with E-state index in [1.54, 1.807) is 49.4 Å².